The van der Waals surface area contributed by atoms with Gasteiger partial charge in [-0.2, -0.15) is 0 Å². The van der Waals surface area contributed by atoms with Gasteiger partial charge in [-0.3, -0.25) is 4.79 Å². The first-order chi connectivity index (χ1) is 12.7. The van der Waals surface area contributed by atoms with Crippen molar-refractivity contribution in [2.75, 3.05) is 13.7 Å². The normalized spacial score (nSPS) is 10.4. The van der Waals surface area contributed by atoms with E-state index in [1.165, 1.54) is 0 Å². The lowest BCUT2D eigenvalue weighted by Crippen LogP contribution is -2.11. The molecular weight excluding hydrogens is 334 g/mol. The van der Waals surface area contributed by atoms with Crippen LogP contribution >= 0.6 is 0 Å². The largest absolute Gasteiger partial charge is 0.497 e. The predicted octanol–water partition coefficient (Wildman–Crippen LogP) is 3.76. The van der Waals surface area contributed by atoms with E-state index in [0.29, 0.717) is 16.9 Å². The van der Waals surface area contributed by atoms with Crippen molar-refractivity contribution < 1.29 is 23.6 Å². The Balaban J connectivity index is 2.09. The number of ether oxygens (including phenoxy) is 2. The molecule has 1 heterocycles. The summed E-state index contributed by atoms with van der Waals surface area (Å²) in [5.74, 6) is -0.559. The van der Waals surface area contributed by atoms with E-state index in [9.17, 15) is 9.59 Å². The number of rotatable bonds is 6. The lowest BCUT2D eigenvalue weighted by Gasteiger charge is -2.05. The minimum Gasteiger partial charge on any atom is -0.497 e. The van der Waals surface area contributed by atoms with Crippen LogP contribution in [-0.2, 0) is 4.74 Å². The van der Waals surface area contributed by atoms with Gasteiger partial charge >= 0.3 is 5.97 Å². The van der Waals surface area contributed by atoms with Crippen molar-refractivity contribution in [3.8, 4) is 17.0 Å². The van der Waals surface area contributed by atoms with Crippen LogP contribution < -0.4 is 4.74 Å². The van der Waals surface area contributed by atoms with Crippen molar-refractivity contribution in [2.45, 2.75) is 6.92 Å². The molecule has 0 saturated heterocycles. The number of nitrogens with zero attached hydrogens (tertiary/aromatic N) is 1. The molecule has 3 aromatic rings. The molecule has 0 atom stereocenters. The Labute approximate surface area is 150 Å². The molecule has 1 aromatic heterocycles. The smallest absolute Gasteiger partial charge is 0.344 e. The molecule has 0 spiro atoms. The van der Waals surface area contributed by atoms with Gasteiger partial charge in [-0.25, -0.2) is 4.79 Å². The number of carbonyl (C=O) groups excluding carboxylic acids is 2. The maximum Gasteiger partial charge on any atom is 0.344 e. The van der Waals surface area contributed by atoms with Crippen LogP contribution in [0.4, 0.5) is 0 Å². The summed E-state index contributed by atoms with van der Waals surface area (Å²) < 4.78 is 15.5. The predicted molar refractivity (Wildman–Crippen MR) is 94.3 cm³/mol. The zero-order valence-corrected chi connectivity index (χ0v) is 14.4. The molecule has 0 fully saturated rings. The number of esters is 1. The first-order valence-electron chi connectivity index (χ1n) is 8.06. The molecule has 6 nitrogen and oxygen atoms in total. The van der Waals surface area contributed by atoms with E-state index in [0.717, 1.165) is 0 Å². The van der Waals surface area contributed by atoms with Gasteiger partial charge < -0.3 is 14.0 Å². The molecule has 0 N–H and O–H groups in total. The Morgan fingerprint density at radius 2 is 1.73 bits per heavy atom. The molecule has 0 unspecified atom stereocenters. The van der Waals surface area contributed by atoms with Crippen LogP contribution in [0.2, 0.25) is 0 Å². The zero-order valence-electron chi connectivity index (χ0n) is 14.4. The van der Waals surface area contributed by atoms with Gasteiger partial charge in [-0.1, -0.05) is 35.5 Å². The Hall–Kier alpha value is -3.41. The van der Waals surface area contributed by atoms with Crippen molar-refractivity contribution >= 4 is 11.8 Å². The highest BCUT2D eigenvalue weighted by atomic mass is 16.5. The summed E-state index contributed by atoms with van der Waals surface area (Å²) in [5, 5.41) is 3.95. The number of aromatic nitrogens is 1. The summed E-state index contributed by atoms with van der Waals surface area (Å²) in [5.41, 5.74) is 1.29. The van der Waals surface area contributed by atoms with E-state index >= 15 is 0 Å². The maximum absolute atomic E-state index is 12.8. The molecular formula is C20H17NO5. The number of hydrogen-bond acceptors (Lipinski definition) is 6. The van der Waals surface area contributed by atoms with Crippen LogP contribution in [-0.4, -0.2) is 30.6 Å². The number of methoxy groups -OCH3 is 1. The van der Waals surface area contributed by atoms with Gasteiger partial charge in [0, 0.05) is 11.1 Å². The fourth-order valence-electron chi connectivity index (χ4n) is 2.50. The summed E-state index contributed by atoms with van der Waals surface area (Å²) in [6, 6.07) is 15.5. The molecule has 26 heavy (non-hydrogen) atoms. The molecule has 0 amide bonds. The molecule has 2 aromatic carbocycles. The molecule has 3 rings (SSSR count). The third-order valence-electron chi connectivity index (χ3n) is 3.78. The Morgan fingerprint density at radius 1 is 1.04 bits per heavy atom. The van der Waals surface area contributed by atoms with Gasteiger partial charge in [0.15, 0.2) is 0 Å². The third-order valence-corrected chi connectivity index (χ3v) is 3.78. The van der Waals surface area contributed by atoms with Crippen molar-refractivity contribution in [3.05, 3.63) is 71.5 Å². The van der Waals surface area contributed by atoms with Crippen molar-refractivity contribution in [3.63, 3.8) is 0 Å². The Kier molecular flexibility index (Phi) is 5.12. The molecule has 0 radical (unpaired) electrons. The fraction of sp³-hybridized carbons (Fsp3) is 0.150. The molecule has 6 heteroatoms. The highest BCUT2D eigenvalue weighted by Gasteiger charge is 2.30. The van der Waals surface area contributed by atoms with E-state index < -0.39 is 11.8 Å². The summed E-state index contributed by atoms with van der Waals surface area (Å²) in [6.07, 6.45) is 0. The molecule has 0 saturated carbocycles. The first kappa shape index (κ1) is 17.4. The second-order valence-corrected chi connectivity index (χ2v) is 5.38. The molecule has 0 aliphatic heterocycles. The second-order valence-electron chi connectivity index (χ2n) is 5.38. The van der Waals surface area contributed by atoms with Crippen LogP contribution in [0.25, 0.3) is 11.3 Å². The minimum atomic E-state index is -0.654. The monoisotopic (exact) mass is 351 g/mol. The van der Waals surface area contributed by atoms with E-state index in [1.54, 1.807) is 68.6 Å². The van der Waals surface area contributed by atoms with Crippen LogP contribution in [0.5, 0.6) is 5.75 Å². The lowest BCUT2D eigenvalue weighted by atomic mass is 10.0. The number of carbonyl (C=O) groups is 2. The highest BCUT2D eigenvalue weighted by molar-refractivity contribution is 6.14. The summed E-state index contributed by atoms with van der Waals surface area (Å²) in [4.78, 5) is 25.2. The minimum absolute atomic E-state index is 0.0193. The Bertz CT molecular complexity index is 913. The van der Waals surface area contributed by atoms with Gasteiger partial charge in [0.05, 0.1) is 13.7 Å². The van der Waals surface area contributed by atoms with Gasteiger partial charge in [-0.05, 0) is 31.2 Å². The zero-order chi connectivity index (χ0) is 18.5. The number of benzene rings is 2. The summed E-state index contributed by atoms with van der Waals surface area (Å²) in [7, 11) is 1.56. The van der Waals surface area contributed by atoms with Crippen molar-refractivity contribution in [2.24, 2.45) is 0 Å². The van der Waals surface area contributed by atoms with E-state index in [-0.39, 0.29) is 23.6 Å². The second kappa shape index (κ2) is 7.65. The lowest BCUT2D eigenvalue weighted by molar-refractivity contribution is 0.0522. The van der Waals surface area contributed by atoms with E-state index in [4.69, 9.17) is 14.0 Å². The van der Waals surface area contributed by atoms with Crippen LogP contribution in [0.1, 0.15) is 33.4 Å². The number of ketones is 1. The van der Waals surface area contributed by atoms with Crippen LogP contribution in [0.15, 0.2) is 59.1 Å². The summed E-state index contributed by atoms with van der Waals surface area (Å²) >= 11 is 0. The summed E-state index contributed by atoms with van der Waals surface area (Å²) in [6.45, 7) is 1.86. The molecule has 0 aliphatic carbocycles. The Morgan fingerprint density at radius 3 is 2.35 bits per heavy atom. The maximum atomic E-state index is 12.8. The highest BCUT2D eigenvalue weighted by Crippen LogP contribution is 2.29. The van der Waals surface area contributed by atoms with Gasteiger partial charge in [0.2, 0.25) is 11.5 Å². The van der Waals surface area contributed by atoms with Crippen LogP contribution in [0.3, 0.4) is 0 Å². The fourth-order valence-corrected chi connectivity index (χ4v) is 2.50. The average molecular weight is 351 g/mol. The average Bonchev–Trinajstić information content (AvgIpc) is 3.13. The molecule has 132 valence electrons. The molecule has 0 aliphatic rings. The number of hydrogen-bond donors (Lipinski definition) is 0. The van der Waals surface area contributed by atoms with Crippen molar-refractivity contribution in [1.82, 2.24) is 5.16 Å². The third kappa shape index (κ3) is 3.35. The van der Waals surface area contributed by atoms with E-state index in [2.05, 4.69) is 5.16 Å². The van der Waals surface area contributed by atoms with Gasteiger partial charge in [0.25, 0.3) is 0 Å². The van der Waals surface area contributed by atoms with Crippen molar-refractivity contribution in [1.29, 1.82) is 0 Å². The first-order valence-corrected chi connectivity index (χ1v) is 8.06. The SMILES string of the molecule is CCOC(=O)c1c(-c2ccc(OC)cc2)noc1C(=O)c1ccccc1. The van der Waals surface area contributed by atoms with E-state index in [1.807, 2.05) is 0 Å². The van der Waals surface area contributed by atoms with Gasteiger partial charge in [-0.15, -0.1) is 0 Å². The molecule has 0 bridgehead atoms. The topological polar surface area (TPSA) is 78.6 Å². The van der Waals surface area contributed by atoms with Gasteiger partial charge in [0.1, 0.15) is 17.0 Å². The quantitative estimate of drug-likeness (QED) is 0.497. The standard InChI is InChI=1S/C20H17NO5/c1-3-25-20(23)16-17(13-9-11-15(24-2)12-10-13)21-26-19(16)18(22)14-7-5-4-6-8-14/h4-12H,3H2,1-2H3. The van der Waals surface area contributed by atoms with Crippen LogP contribution in [0, 0.1) is 0 Å².